The van der Waals surface area contributed by atoms with E-state index in [1.54, 1.807) is 0 Å². The highest BCUT2D eigenvalue weighted by Crippen LogP contribution is 2.44. The van der Waals surface area contributed by atoms with Gasteiger partial charge in [-0.2, -0.15) is 0 Å². The molecule has 3 unspecified atom stereocenters. The fourth-order valence-electron chi connectivity index (χ4n) is 3.49. The zero-order valence-electron chi connectivity index (χ0n) is 13.5. The fraction of sp³-hybridized carbons (Fsp3) is 0.824. The lowest BCUT2D eigenvalue weighted by atomic mass is 9.68. The van der Waals surface area contributed by atoms with Crippen molar-refractivity contribution in [1.82, 2.24) is 9.55 Å². The largest absolute Gasteiger partial charge is 0.391 e. The number of hydrogen-bond donors (Lipinski definition) is 1. The van der Waals surface area contributed by atoms with Crippen LogP contribution in [0.5, 0.6) is 0 Å². The third-order valence-electron chi connectivity index (χ3n) is 5.38. The van der Waals surface area contributed by atoms with E-state index in [0.29, 0.717) is 11.3 Å². The van der Waals surface area contributed by atoms with Gasteiger partial charge in [-0.05, 0) is 37.0 Å². The summed E-state index contributed by atoms with van der Waals surface area (Å²) >= 11 is 0. The summed E-state index contributed by atoms with van der Waals surface area (Å²) in [6.45, 7) is 9.19. The first kappa shape index (κ1) is 15.6. The summed E-state index contributed by atoms with van der Waals surface area (Å²) in [7, 11) is 0. The average Bonchev–Trinajstić information content (AvgIpc) is 2.87. The minimum Gasteiger partial charge on any atom is -0.391 e. The van der Waals surface area contributed by atoms with Crippen LogP contribution in [0.4, 0.5) is 0 Å². The summed E-state index contributed by atoms with van der Waals surface area (Å²) in [6.07, 6.45) is 10.2. The molecule has 20 heavy (non-hydrogen) atoms. The molecule has 0 radical (unpaired) electrons. The van der Waals surface area contributed by atoms with Gasteiger partial charge in [-0.1, -0.05) is 34.1 Å². The van der Waals surface area contributed by atoms with Crippen molar-refractivity contribution in [1.29, 1.82) is 0 Å². The summed E-state index contributed by atoms with van der Waals surface area (Å²) in [5.41, 5.74) is 0.365. The number of rotatable bonds is 5. The van der Waals surface area contributed by atoms with E-state index in [-0.39, 0.29) is 12.1 Å². The molecule has 1 aromatic heterocycles. The summed E-state index contributed by atoms with van der Waals surface area (Å²) in [5, 5.41) is 10.4. The quantitative estimate of drug-likeness (QED) is 0.885. The van der Waals surface area contributed by atoms with Gasteiger partial charge in [0.25, 0.3) is 0 Å². The van der Waals surface area contributed by atoms with Crippen molar-refractivity contribution >= 4 is 0 Å². The van der Waals surface area contributed by atoms with Gasteiger partial charge in [-0.15, -0.1) is 0 Å². The minimum atomic E-state index is -0.219. The first-order chi connectivity index (χ1) is 9.49. The van der Waals surface area contributed by atoms with Crippen LogP contribution in [0, 0.1) is 11.3 Å². The number of aromatic nitrogens is 2. The second-order valence-corrected chi connectivity index (χ2v) is 6.99. The summed E-state index contributed by atoms with van der Waals surface area (Å²) in [5.74, 6) is 1.82. The SMILES string of the molecule is CCCc1nccn1C1CC(C(C)(C)CC)CCC1O. The number of aliphatic hydroxyl groups excluding tert-OH is 1. The van der Waals surface area contributed by atoms with Crippen LogP contribution in [-0.2, 0) is 6.42 Å². The maximum atomic E-state index is 10.4. The minimum absolute atomic E-state index is 0.212. The molecule has 1 fully saturated rings. The standard InChI is InChI=1S/C17H30N2O/c1-5-7-16-18-10-11-19(16)14-12-13(8-9-15(14)20)17(3,4)6-2/h10-11,13-15,20H,5-9,12H2,1-4H3. The van der Waals surface area contributed by atoms with Crippen LogP contribution in [0.15, 0.2) is 12.4 Å². The van der Waals surface area contributed by atoms with Crippen molar-refractivity contribution in [3.63, 3.8) is 0 Å². The van der Waals surface area contributed by atoms with Gasteiger partial charge in [-0.3, -0.25) is 0 Å². The van der Waals surface area contributed by atoms with Crippen molar-refractivity contribution in [2.24, 2.45) is 11.3 Å². The number of nitrogens with zero attached hydrogens (tertiary/aromatic N) is 2. The number of hydrogen-bond acceptors (Lipinski definition) is 2. The molecule has 3 heteroatoms. The molecular weight excluding hydrogens is 248 g/mol. The van der Waals surface area contributed by atoms with Crippen molar-refractivity contribution in [3.8, 4) is 0 Å². The second-order valence-electron chi connectivity index (χ2n) is 6.99. The molecule has 1 aromatic rings. The van der Waals surface area contributed by atoms with Gasteiger partial charge >= 0.3 is 0 Å². The van der Waals surface area contributed by atoms with Crippen LogP contribution in [0.1, 0.15) is 71.7 Å². The molecule has 0 amide bonds. The predicted molar refractivity (Wildman–Crippen MR) is 82.7 cm³/mol. The van der Waals surface area contributed by atoms with E-state index in [9.17, 15) is 5.11 Å². The highest BCUT2D eigenvalue weighted by Gasteiger charge is 2.37. The summed E-state index contributed by atoms with van der Waals surface area (Å²) < 4.78 is 2.24. The average molecular weight is 278 g/mol. The van der Waals surface area contributed by atoms with E-state index >= 15 is 0 Å². The maximum Gasteiger partial charge on any atom is 0.108 e. The van der Waals surface area contributed by atoms with Gasteiger partial charge in [0.15, 0.2) is 0 Å². The molecule has 1 N–H and O–H groups in total. The third-order valence-corrected chi connectivity index (χ3v) is 5.38. The predicted octanol–water partition coefficient (Wildman–Crippen LogP) is 3.97. The monoisotopic (exact) mass is 278 g/mol. The number of imidazole rings is 1. The molecule has 114 valence electrons. The van der Waals surface area contributed by atoms with Gasteiger partial charge in [0.1, 0.15) is 5.82 Å². The lowest BCUT2D eigenvalue weighted by molar-refractivity contribution is 0.0182. The highest BCUT2D eigenvalue weighted by molar-refractivity contribution is 5.00. The van der Waals surface area contributed by atoms with Crippen molar-refractivity contribution in [2.45, 2.75) is 78.4 Å². The Balaban J connectivity index is 2.18. The first-order valence-electron chi connectivity index (χ1n) is 8.19. The Kier molecular flexibility index (Phi) is 4.90. The Bertz CT molecular complexity index is 424. The maximum absolute atomic E-state index is 10.4. The molecule has 0 bridgehead atoms. The fourth-order valence-corrected chi connectivity index (χ4v) is 3.49. The molecule has 0 aliphatic heterocycles. The second kappa shape index (κ2) is 6.30. The summed E-state index contributed by atoms with van der Waals surface area (Å²) in [4.78, 5) is 4.47. The van der Waals surface area contributed by atoms with E-state index in [2.05, 4.69) is 43.4 Å². The molecule has 2 rings (SSSR count). The molecular formula is C17H30N2O. The van der Waals surface area contributed by atoms with Crippen LogP contribution in [0.2, 0.25) is 0 Å². The molecule has 1 aliphatic rings. The van der Waals surface area contributed by atoms with Crippen LogP contribution in [0.3, 0.4) is 0 Å². The molecule has 1 aliphatic carbocycles. The van der Waals surface area contributed by atoms with Gasteiger partial charge in [0.2, 0.25) is 0 Å². The van der Waals surface area contributed by atoms with Gasteiger partial charge in [-0.25, -0.2) is 4.98 Å². The van der Waals surface area contributed by atoms with Crippen LogP contribution in [0.25, 0.3) is 0 Å². The van der Waals surface area contributed by atoms with Gasteiger partial charge in [0, 0.05) is 18.8 Å². The third kappa shape index (κ3) is 3.08. The zero-order valence-corrected chi connectivity index (χ0v) is 13.5. The van der Waals surface area contributed by atoms with Crippen molar-refractivity contribution < 1.29 is 5.11 Å². The van der Waals surface area contributed by atoms with Crippen LogP contribution < -0.4 is 0 Å². The molecule has 0 spiro atoms. The Hall–Kier alpha value is -0.830. The van der Waals surface area contributed by atoms with Crippen molar-refractivity contribution in [3.05, 3.63) is 18.2 Å². The van der Waals surface area contributed by atoms with Crippen molar-refractivity contribution in [2.75, 3.05) is 0 Å². The van der Waals surface area contributed by atoms with E-state index in [1.807, 2.05) is 6.20 Å². The Morgan fingerprint density at radius 1 is 1.35 bits per heavy atom. The molecule has 1 heterocycles. The zero-order chi connectivity index (χ0) is 14.8. The lowest BCUT2D eigenvalue weighted by Crippen LogP contribution is -2.37. The van der Waals surface area contributed by atoms with Crippen LogP contribution >= 0.6 is 0 Å². The molecule has 1 saturated carbocycles. The number of aliphatic hydroxyl groups is 1. The summed E-state index contributed by atoms with van der Waals surface area (Å²) in [6, 6.07) is 0.212. The smallest absolute Gasteiger partial charge is 0.108 e. The van der Waals surface area contributed by atoms with Gasteiger partial charge in [0.05, 0.1) is 12.1 Å². The van der Waals surface area contributed by atoms with E-state index in [4.69, 9.17) is 0 Å². The lowest BCUT2D eigenvalue weighted by Gasteiger charge is -2.42. The molecule has 3 atom stereocenters. The Morgan fingerprint density at radius 3 is 2.75 bits per heavy atom. The molecule has 0 aromatic carbocycles. The number of aryl methyl sites for hydroxylation is 1. The normalized spacial score (nSPS) is 27.8. The van der Waals surface area contributed by atoms with E-state index < -0.39 is 0 Å². The molecule has 0 saturated heterocycles. The van der Waals surface area contributed by atoms with Crippen LogP contribution in [-0.4, -0.2) is 20.8 Å². The van der Waals surface area contributed by atoms with E-state index in [0.717, 1.165) is 37.9 Å². The topological polar surface area (TPSA) is 38.0 Å². The highest BCUT2D eigenvalue weighted by atomic mass is 16.3. The molecule has 3 nitrogen and oxygen atoms in total. The Morgan fingerprint density at radius 2 is 2.10 bits per heavy atom. The van der Waals surface area contributed by atoms with E-state index in [1.165, 1.54) is 6.42 Å². The Labute approximate surface area is 123 Å². The van der Waals surface area contributed by atoms with Gasteiger partial charge < -0.3 is 9.67 Å². The first-order valence-corrected chi connectivity index (χ1v) is 8.19.